The maximum absolute atomic E-state index is 11.9. The van der Waals surface area contributed by atoms with Gasteiger partial charge in [0.2, 0.25) is 5.91 Å². The predicted molar refractivity (Wildman–Crippen MR) is 144 cm³/mol. The van der Waals surface area contributed by atoms with Crippen molar-refractivity contribution in [2.24, 2.45) is 0 Å². The van der Waals surface area contributed by atoms with Crippen LogP contribution in [0.25, 0.3) is 0 Å². The van der Waals surface area contributed by atoms with E-state index < -0.39 is 148 Å². The van der Waals surface area contributed by atoms with Crippen LogP contribution in [0.5, 0.6) is 0 Å². The fraction of sp³-hybridized carbons (Fsp3) is 0.962. The molecule has 21 heteroatoms. The van der Waals surface area contributed by atoms with Gasteiger partial charge in [-0.1, -0.05) is 0 Å². The molecule has 0 radical (unpaired) electrons. The highest BCUT2D eigenvalue weighted by atomic mass is 16.8. The van der Waals surface area contributed by atoms with E-state index in [9.17, 15) is 66.1 Å². The second kappa shape index (κ2) is 16.2. The van der Waals surface area contributed by atoms with Crippen LogP contribution in [0, 0.1) is 0 Å². The van der Waals surface area contributed by atoms with E-state index in [4.69, 9.17) is 33.2 Å². The van der Waals surface area contributed by atoms with Crippen LogP contribution in [-0.4, -0.2) is 210 Å². The zero-order valence-corrected chi connectivity index (χ0v) is 25.3. The van der Waals surface area contributed by atoms with Crippen LogP contribution in [-0.2, 0) is 38.0 Å². The Hall–Kier alpha value is -1.29. The molecule has 0 aromatic rings. The number of nitrogens with one attached hydrogen (secondary N) is 1. The van der Waals surface area contributed by atoms with Gasteiger partial charge in [-0.3, -0.25) is 4.79 Å². The Balaban J connectivity index is 1.67. The van der Waals surface area contributed by atoms with Gasteiger partial charge < -0.3 is 99.8 Å². The third kappa shape index (κ3) is 8.04. The van der Waals surface area contributed by atoms with Crippen LogP contribution in [0.1, 0.15) is 13.8 Å². The Labute approximate surface area is 267 Å². The normalized spacial score (nSPS) is 51.0. The minimum atomic E-state index is -2.01. The highest BCUT2D eigenvalue weighted by Gasteiger charge is 2.56. The summed E-state index contributed by atoms with van der Waals surface area (Å²) in [6, 6.07) is -1.50. The third-order valence-electron chi connectivity index (χ3n) is 8.57. The van der Waals surface area contributed by atoms with E-state index in [2.05, 4.69) is 5.32 Å². The molecule has 4 fully saturated rings. The van der Waals surface area contributed by atoms with Gasteiger partial charge in [-0.2, -0.15) is 0 Å². The summed E-state index contributed by atoms with van der Waals surface area (Å²) in [5, 5.41) is 127. The van der Waals surface area contributed by atoms with Crippen molar-refractivity contribution >= 4 is 5.91 Å². The van der Waals surface area contributed by atoms with Crippen molar-refractivity contribution in [2.45, 2.75) is 137 Å². The van der Waals surface area contributed by atoms with Gasteiger partial charge in [-0.05, 0) is 6.92 Å². The van der Waals surface area contributed by atoms with Gasteiger partial charge in [-0.25, -0.2) is 0 Å². The largest absolute Gasteiger partial charge is 0.394 e. The Bertz CT molecular complexity index is 1010. The Kier molecular flexibility index (Phi) is 13.2. The van der Waals surface area contributed by atoms with Gasteiger partial charge in [0.25, 0.3) is 0 Å². The molecule has 274 valence electrons. The van der Waals surface area contributed by atoms with Crippen LogP contribution in [0.4, 0.5) is 0 Å². The summed E-state index contributed by atoms with van der Waals surface area (Å²) in [6.45, 7) is -0.118. The summed E-state index contributed by atoms with van der Waals surface area (Å²) in [5.41, 5.74) is 0. The van der Waals surface area contributed by atoms with Crippen molar-refractivity contribution in [3.63, 3.8) is 0 Å². The maximum Gasteiger partial charge on any atom is 0.217 e. The highest BCUT2D eigenvalue weighted by molar-refractivity contribution is 5.73. The van der Waals surface area contributed by atoms with Gasteiger partial charge in [0.05, 0.1) is 25.9 Å². The van der Waals surface area contributed by atoms with Crippen molar-refractivity contribution in [1.29, 1.82) is 0 Å². The number of ether oxygens (including phenoxy) is 7. The molecular formula is C26H45NO20. The standard InChI is InChI=1S/C26H45NO20/c1-6-12(32)15(35)17(37)24(41-6)47-22-19(39)20(45-25-18(38)16(36)13(33)8(3-28)43-25)10(5-30)44-26(22)46-21-11(27-7(2)31)23(40)42-9(4-29)14(21)34/h6,8-26,28-30,32-40H,3-5H2,1-2H3,(H,27,31)/t6-,8+,9+,10+,11+,12+,13-,14-,15+,16-,17-,18+,19-,20-,21+,22+,23-,24-,25+,26-/m0/s1. The molecule has 0 aliphatic carbocycles. The predicted octanol–water partition coefficient (Wildman–Crippen LogP) is -8.58. The number of aliphatic hydroxyl groups is 12. The molecule has 4 aliphatic heterocycles. The van der Waals surface area contributed by atoms with Gasteiger partial charge in [0, 0.05) is 6.92 Å². The molecule has 0 aromatic heterocycles. The zero-order chi connectivity index (χ0) is 34.9. The van der Waals surface area contributed by atoms with E-state index in [0.29, 0.717) is 0 Å². The first-order chi connectivity index (χ1) is 22.1. The second-order valence-electron chi connectivity index (χ2n) is 11.9. The van der Waals surface area contributed by atoms with Gasteiger partial charge in [-0.15, -0.1) is 0 Å². The maximum atomic E-state index is 11.9. The van der Waals surface area contributed by atoms with Crippen LogP contribution in [0.15, 0.2) is 0 Å². The smallest absolute Gasteiger partial charge is 0.217 e. The number of amides is 1. The van der Waals surface area contributed by atoms with Crippen molar-refractivity contribution in [3.8, 4) is 0 Å². The van der Waals surface area contributed by atoms with Crippen LogP contribution < -0.4 is 5.32 Å². The average molecular weight is 692 g/mol. The number of rotatable bonds is 10. The summed E-state index contributed by atoms with van der Waals surface area (Å²) in [5.74, 6) is -0.695. The van der Waals surface area contributed by atoms with Crippen molar-refractivity contribution in [2.75, 3.05) is 19.8 Å². The Morgan fingerprint density at radius 1 is 0.553 bits per heavy atom. The topological polar surface area (TPSA) is 336 Å². The molecule has 21 nitrogen and oxygen atoms in total. The minimum Gasteiger partial charge on any atom is -0.394 e. The molecule has 0 unspecified atom stereocenters. The van der Waals surface area contributed by atoms with E-state index in [1.807, 2.05) is 0 Å². The lowest BCUT2D eigenvalue weighted by molar-refractivity contribution is -0.396. The van der Waals surface area contributed by atoms with Crippen LogP contribution >= 0.6 is 0 Å². The molecule has 4 heterocycles. The molecule has 13 N–H and O–H groups in total. The van der Waals surface area contributed by atoms with E-state index >= 15 is 0 Å². The molecular weight excluding hydrogens is 646 g/mol. The van der Waals surface area contributed by atoms with E-state index in [0.717, 1.165) is 6.92 Å². The molecule has 0 spiro atoms. The first kappa shape index (κ1) is 38.5. The molecule has 0 bridgehead atoms. The molecule has 4 saturated heterocycles. The number of carbonyl (C=O) groups excluding carboxylic acids is 1. The molecule has 4 rings (SSSR count). The molecule has 47 heavy (non-hydrogen) atoms. The summed E-state index contributed by atoms with van der Waals surface area (Å²) in [7, 11) is 0. The average Bonchev–Trinajstić information content (AvgIpc) is 3.04. The number of hydrogen-bond donors (Lipinski definition) is 13. The van der Waals surface area contributed by atoms with Crippen LogP contribution in [0.2, 0.25) is 0 Å². The second-order valence-corrected chi connectivity index (χ2v) is 11.9. The minimum absolute atomic E-state index is 0.695. The van der Waals surface area contributed by atoms with E-state index in [-0.39, 0.29) is 0 Å². The Morgan fingerprint density at radius 3 is 1.62 bits per heavy atom. The number of carbonyl (C=O) groups is 1. The first-order valence-corrected chi connectivity index (χ1v) is 15.0. The summed E-state index contributed by atoms with van der Waals surface area (Å²) in [6.07, 6.45) is -32.8. The van der Waals surface area contributed by atoms with E-state index in [1.165, 1.54) is 6.92 Å². The SMILES string of the molecule is CC(=O)N[C@@H]1[C@@H](O[C@@H]2O[C@H](CO)[C@H](O[C@H]3O[C@H](CO)[C@H](O)[C@H](O)[C@H]3O)[C@H](O)[C@H]2O[C@@H]2O[C@@H](C)[C@@H](O)[C@@H](O)[C@@H]2O)[C@@H](O)[C@@H](CO)O[C@@H]1O. The molecule has 4 aliphatic rings. The van der Waals surface area contributed by atoms with Crippen LogP contribution in [0.3, 0.4) is 0 Å². The number of aliphatic hydroxyl groups excluding tert-OH is 12. The quantitative estimate of drug-likeness (QED) is 0.101. The van der Waals surface area contributed by atoms with Crippen molar-refractivity contribution in [1.82, 2.24) is 5.32 Å². The first-order valence-electron chi connectivity index (χ1n) is 15.0. The molecule has 0 saturated carbocycles. The molecule has 0 aromatic carbocycles. The number of hydrogen-bond acceptors (Lipinski definition) is 20. The summed E-state index contributed by atoms with van der Waals surface area (Å²) < 4.78 is 39.2. The van der Waals surface area contributed by atoms with Gasteiger partial charge in [0.15, 0.2) is 25.2 Å². The van der Waals surface area contributed by atoms with E-state index in [1.54, 1.807) is 0 Å². The van der Waals surface area contributed by atoms with Gasteiger partial charge in [0.1, 0.15) is 91.5 Å². The molecule has 20 atom stereocenters. The summed E-state index contributed by atoms with van der Waals surface area (Å²) in [4.78, 5) is 11.9. The molecule has 1 amide bonds. The monoisotopic (exact) mass is 691 g/mol. The zero-order valence-electron chi connectivity index (χ0n) is 25.3. The third-order valence-corrected chi connectivity index (χ3v) is 8.57. The van der Waals surface area contributed by atoms with Crippen molar-refractivity contribution < 1.29 is 99.2 Å². The van der Waals surface area contributed by atoms with Crippen molar-refractivity contribution in [3.05, 3.63) is 0 Å². The Morgan fingerprint density at radius 2 is 1.04 bits per heavy atom. The lowest BCUT2D eigenvalue weighted by Crippen LogP contribution is -2.69. The fourth-order valence-corrected chi connectivity index (χ4v) is 5.87. The highest BCUT2D eigenvalue weighted by Crippen LogP contribution is 2.35. The lowest BCUT2D eigenvalue weighted by Gasteiger charge is -2.50. The lowest BCUT2D eigenvalue weighted by atomic mass is 9.94. The summed E-state index contributed by atoms with van der Waals surface area (Å²) >= 11 is 0. The van der Waals surface area contributed by atoms with Gasteiger partial charge >= 0.3 is 0 Å². The fourth-order valence-electron chi connectivity index (χ4n) is 5.87.